The molecule has 1 unspecified atom stereocenters. The third kappa shape index (κ3) is 4.74. The van der Waals surface area contributed by atoms with Crippen molar-refractivity contribution in [1.82, 2.24) is 4.90 Å². The Morgan fingerprint density at radius 1 is 0.861 bits per heavy atom. The zero-order chi connectivity index (χ0) is 25.4. The predicted molar refractivity (Wildman–Crippen MR) is 147 cm³/mol. The maximum Gasteiger partial charge on any atom is 0.227 e. The molecule has 0 radical (unpaired) electrons. The number of aryl methyl sites for hydroxylation is 2. The van der Waals surface area contributed by atoms with E-state index in [-0.39, 0.29) is 17.4 Å². The van der Waals surface area contributed by atoms with E-state index in [0.717, 1.165) is 40.9 Å². The minimum absolute atomic E-state index is 0.0927. The summed E-state index contributed by atoms with van der Waals surface area (Å²) in [6.07, 6.45) is 5.61. The van der Waals surface area contributed by atoms with Crippen LogP contribution in [0.1, 0.15) is 86.9 Å². The lowest BCUT2D eigenvalue weighted by molar-refractivity contribution is -0.0137. The first-order valence-corrected chi connectivity index (χ1v) is 13.3. The molecule has 1 atom stereocenters. The average Bonchev–Trinajstić information content (AvgIpc) is 3.29. The van der Waals surface area contributed by atoms with Gasteiger partial charge in [0.15, 0.2) is 5.84 Å². The summed E-state index contributed by atoms with van der Waals surface area (Å²) in [6, 6.07) is 21.4. The first kappa shape index (κ1) is 24.4. The zero-order valence-electron chi connectivity index (χ0n) is 22.2. The lowest BCUT2D eigenvalue weighted by Gasteiger charge is -2.36. The summed E-state index contributed by atoms with van der Waals surface area (Å²) in [6.45, 7) is 10.9. The quantitative estimate of drug-likeness (QED) is 0.410. The van der Waals surface area contributed by atoms with Crippen LogP contribution in [0.25, 0.3) is 11.1 Å². The van der Waals surface area contributed by atoms with Crippen LogP contribution in [0.3, 0.4) is 0 Å². The van der Waals surface area contributed by atoms with Gasteiger partial charge in [0.05, 0.1) is 5.56 Å². The molecule has 1 fully saturated rings. The molecule has 2 aliphatic rings. The van der Waals surface area contributed by atoms with E-state index < -0.39 is 0 Å². The van der Waals surface area contributed by atoms with Crippen LogP contribution in [0, 0.1) is 13.8 Å². The van der Waals surface area contributed by atoms with Crippen molar-refractivity contribution in [2.24, 2.45) is 5.16 Å². The highest BCUT2D eigenvalue weighted by Crippen LogP contribution is 2.43. The van der Waals surface area contributed by atoms with Crippen LogP contribution in [0.4, 0.5) is 0 Å². The van der Waals surface area contributed by atoms with Gasteiger partial charge in [-0.1, -0.05) is 105 Å². The molecule has 36 heavy (non-hydrogen) atoms. The number of rotatable bonds is 4. The van der Waals surface area contributed by atoms with Gasteiger partial charge in [-0.3, -0.25) is 0 Å². The van der Waals surface area contributed by atoms with E-state index in [0.29, 0.717) is 6.04 Å². The number of phenols is 1. The van der Waals surface area contributed by atoms with Crippen LogP contribution >= 0.6 is 0 Å². The number of hydrogen-bond acceptors (Lipinski definition) is 4. The number of phenolic OH excluding ortho intramolecular Hbond substituents is 1. The fraction of sp³-hybridized carbons (Fsp3) is 0.406. The summed E-state index contributed by atoms with van der Waals surface area (Å²) in [7, 11) is 0. The van der Waals surface area contributed by atoms with Crippen molar-refractivity contribution in [2.45, 2.75) is 84.4 Å². The Morgan fingerprint density at radius 3 is 2.14 bits per heavy atom. The molecule has 1 saturated carbocycles. The Bertz CT molecular complexity index is 1250. The fourth-order valence-corrected chi connectivity index (χ4v) is 5.65. The fourth-order valence-electron chi connectivity index (χ4n) is 5.65. The van der Waals surface area contributed by atoms with Crippen LogP contribution in [-0.4, -0.2) is 21.9 Å². The molecule has 4 heteroatoms. The topological polar surface area (TPSA) is 45.1 Å². The number of amidine groups is 1. The van der Waals surface area contributed by atoms with Gasteiger partial charge in [-0.15, -0.1) is 0 Å². The average molecular weight is 483 g/mol. The maximum absolute atomic E-state index is 11.8. The summed E-state index contributed by atoms with van der Waals surface area (Å²) in [5.74, 6) is 1.01. The van der Waals surface area contributed by atoms with Gasteiger partial charge in [-0.2, -0.15) is 0 Å². The van der Waals surface area contributed by atoms with Crippen molar-refractivity contribution >= 4 is 5.84 Å². The predicted octanol–water partition coefficient (Wildman–Crippen LogP) is 8.00. The number of benzene rings is 3. The molecule has 0 aromatic heterocycles. The van der Waals surface area contributed by atoms with Crippen LogP contribution in [0.5, 0.6) is 5.75 Å². The van der Waals surface area contributed by atoms with E-state index in [1.54, 1.807) is 0 Å². The van der Waals surface area contributed by atoms with Crippen molar-refractivity contribution in [3.8, 4) is 16.9 Å². The van der Waals surface area contributed by atoms with E-state index >= 15 is 0 Å². The molecule has 4 nitrogen and oxygen atoms in total. The second kappa shape index (κ2) is 9.65. The second-order valence-corrected chi connectivity index (χ2v) is 11.5. The van der Waals surface area contributed by atoms with Gasteiger partial charge in [-0.25, -0.2) is 0 Å². The van der Waals surface area contributed by atoms with Crippen LogP contribution in [0.15, 0.2) is 65.8 Å². The molecule has 188 valence electrons. The molecule has 0 amide bonds. The van der Waals surface area contributed by atoms with Gasteiger partial charge in [-0.05, 0) is 55.4 Å². The smallest absolute Gasteiger partial charge is 0.227 e. The first-order chi connectivity index (χ1) is 17.2. The molecular weight excluding hydrogens is 444 g/mol. The molecular formula is C32H38N2O2. The molecule has 0 saturated heterocycles. The van der Waals surface area contributed by atoms with Gasteiger partial charge in [0, 0.05) is 17.2 Å². The van der Waals surface area contributed by atoms with Crippen LogP contribution in [0.2, 0.25) is 0 Å². The Balaban J connectivity index is 1.67. The highest BCUT2D eigenvalue weighted by molar-refractivity contribution is 6.04. The van der Waals surface area contributed by atoms with Crippen molar-refractivity contribution < 1.29 is 9.94 Å². The summed E-state index contributed by atoms with van der Waals surface area (Å²) < 4.78 is 0. The Hall–Kier alpha value is -3.27. The third-order valence-electron chi connectivity index (χ3n) is 7.54. The van der Waals surface area contributed by atoms with Crippen molar-refractivity contribution in [2.75, 3.05) is 0 Å². The third-order valence-corrected chi connectivity index (χ3v) is 7.54. The summed E-state index contributed by atoms with van der Waals surface area (Å²) in [5, 5.41) is 16.4. The molecule has 3 aromatic carbocycles. The molecule has 1 N–H and O–H groups in total. The summed E-state index contributed by atoms with van der Waals surface area (Å²) in [5.41, 5.74) is 7.15. The largest absolute Gasteiger partial charge is 0.507 e. The highest BCUT2D eigenvalue weighted by Gasteiger charge is 2.39. The number of aromatic hydroxyl groups is 1. The lowest BCUT2D eigenvalue weighted by atomic mass is 9.83. The van der Waals surface area contributed by atoms with Crippen molar-refractivity contribution in [1.29, 1.82) is 0 Å². The molecule has 5 rings (SSSR count). The lowest BCUT2D eigenvalue weighted by Crippen LogP contribution is -2.41. The molecule has 1 aliphatic heterocycles. The monoisotopic (exact) mass is 482 g/mol. The standard InChI is InChI=1S/C32H38N2O2/c1-21-16-22(2)18-24(17-21)27-19-25(32(3,4)5)20-28(29(27)35)30-33-36-31(23-12-8-6-9-13-23)34(30)26-14-10-7-11-15-26/h6,8-9,12-13,16-20,26,31,35H,7,10-11,14-15H2,1-5H3. The van der Waals surface area contributed by atoms with Gasteiger partial charge in [0.1, 0.15) is 5.75 Å². The van der Waals surface area contributed by atoms with Crippen LogP contribution < -0.4 is 0 Å². The zero-order valence-corrected chi connectivity index (χ0v) is 22.2. The second-order valence-electron chi connectivity index (χ2n) is 11.5. The summed E-state index contributed by atoms with van der Waals surface area (Å²) in [4.78, 5) is 8.47. The van der Waals surface area contributed by atoms with Gasteiger partial charge in [0.25, 0.3) is 0 Å². The Morgan fingerprint density at radius 2 is 1.50 bits per heavy atom. The van der Waals surface area contributed by atoms with Gasteiger partial charge >= 0.3 is 0 Å². The van der Waals surface area contributed by atoms with E-state index in [1.165, 1.54) is 36.0 Å². The minimum atomic E-state index is -0.286. The van der Waals surface area contributed by atoms with Gasteiger partial charge in [0.2, 0.25) is 6.23 Å². The minimum Gasteiger partial charge on any atom is -0.507 e. The molecule has 1 aliphatic carbocycles. The molecule has 3 aromatic rings. The maximum atomic E-state index is 11.8. The van der Waals surface area contributed by atoms with E-state index in [1.807, 2.05) is 18.2 Å². The van der Waals surface area contributed by atoms with E-state index in [2.05, 4.69) is 87.1 Å². The number of oxime groups is 1. The normalized spacial score (nSPS) is 18.8. The summed E-state index contributed by atoms with van der Waals surface area (Å²) >= 11 is 0. The van der Waals surface area contributed by atoms with Crippen molar-refractivity contribution in [3.05, 3.63) is 88.5 Å². The van der Waals surface area contributed by atoms with E-state index in [9.17, 15) is 5.11 Å². The molecule has 0 bridgehead atoms. The number of hydrogen-bond donors (Lipinski definition) is 1. The Labute approximate surface area is 215 Å². The molecule has 0 spiro atoms. The molecule has 1 heterocycles. The van der Waals surface area contributed by atoms with E-state index in [4.69, 9.17) is 4.84 Å². The Kier molecular flexibility index (Phi) is 6.55. The highest BCUT2D eigenvalue weighted by atomic mass is 16.7. The SMILES string of the molecule is Cc1cc(C)cc(-c2cc(C(C)(C)C)cc(C3=NOC(c4ccccc4)N3C3CCCCC3)c2O)c1. The first-order valence-electron chi connectivity index (χ1n) is 13.3. The van der Waals surface area contributed by atoms with Crippen LogP contribution in [-0.2, 0) is 10.3 Å². The number of nitrogens with zero attached hydrogens (tertiary/aromatic N) is 2. The van der Waals surface area contributed by atoms with Crippen molar-refractivity contribution in [3.63, 3.8) is 0 Å². The van der Waals surface area contributed by atoms with Gasteiger partial charge < -0.3 is 14.8 Å².